The summed E-state index contributed by atoms with van der Waals surface area (Å²) in [5, 5.41) is 3.44. The highest BCUT2D eigenvalue weighted by Crippen LogP contribution is 2.18. The number of piperidine rings is 1. The number of nitrogens with one attached hydrogen (secondary N) is 1. The predicted octanol–water partition coefficient (Wildman–Crippen LogP) is 3.02. The second-order valence-corrected chi connectivity index (χ2v) is 5.99. The lowest BCUT2D eigenvalue weighted by atomic mass is 9.98. The monoisotopic (exact) mass is 314 g/mol. The third-order valence-electron chi connectivity index (χ3n) is 3.48. The van der Waals surface area contributed by atoms with Crippen molar-refractivity contribution in [3.63, 3.8) is 0 Å². The van der Waals surface area contributed by atoms with E-state index in [0.29, 0.717) is 0 Å². The molecule has 1 atom stereocenters. The van der Waals surface area contributed by atoms with Crippen LogP contribution in [0.15, 0.2) is 22.7 Å². The van der Waals surface area contributed by atoms with E-state index in [1.165, 1.54) is 25.5 Å². The molecule has 1 aromatic carbocycles. The molecule has 18 heavy (non-hydrogen) atoms. The molecule has 1 aliphatic rings. The SMILES string of the molecule is CN1CCCC(CNCc2cc(F)ccc2Br)C1. The molecule has 4 heteroatoms. The van der Waals surface area contributed by atoms with Gasteiger partial charge >= 0.3 is 0 Å². The Kier molecular flexibility index (Phi) is 5.15. The van der Waals surface area contributed by atoms with Crippen molar-refractivity contribution in [2.45, 2.75) is 19.4 Å². The summed E-state index contributed by atoms with van der Waals surface area (Å²) in [6, 6.07) is 4.83. The number of rotatable bonds is 4. The van der Waals surface area contributed by atoms with E-state index in [9.17, 15) is 4.39 Å². The molecule has 1 aliphatic heterocycles. The lowest BCUT2D eigenvalue weighted by Crippen LogP contribution is -2.37. The summed E-state index contributed by atoms with van der Waals surface area (Å²) in [7, 11) is 2.18. The summed E-state index contributed by atoms with van der Waals surface area (Å²) in [6.07, 6.45) is 2.58. The van der Waals surface area contributed by atoms with Crippen LogP contribution in [-0.4, -0.2) is 31.6 Å². The molecule has 0 spiro atoms. The summed E-state index contributed by atoms with van der Waals surface area (Å²) in [4.78, 5) is 2.38. The second kappa shape index (κ2) is 6.64. The number of likely N-dealkylation sites (tertiary alicyclic amines) is 1. The van der Waals surface area contributed by atoms with Crippen LogP contribution >= 0.6 is 15.9 Å². The first-order valence-electron chi connectivity index (χ1n) is 6.48. The van der Waals surface area contributed by atoms with Gasteiger partial charge in [-0.2, -0.15) is 0 Å². The van der Waals surface area contributed by atoms with E-state index in [2.05, 4.69) is 33.2 Å². The van der Waals surface area contributed by atoms with Crippen molar-refractivity contribution in [1.82, 2.24) is 10.2 Å². The van der Waals surface area contributed by atoms with Crippen molar-refractivity contribution in [1.29, 1.82) is 0 Å². The van der Waals surface area contributed by atoms with Crippen LogP contribution in [0, 0.1) is 11.7 Å². The number of hydrogen-bond donors (Lipinski definition) is 1. The summed E-state index contributed by atoms with van der Waals surface area (Å²) in [5.74, 6) is 0.545. The Morgan fingerprint density at radius 2 is 2.33 bits per heavy atom. The quantitative estimate of drug-likeness (QED) is 0.919. The van der Waals surface area contributed by atoms with Crippen LogP contribution < -0.4 is 5.32 Å². The Morgan fingerprint density at radius 1 is 1.50 bits per heavy atom. The zero-order chi connectivity index (χ0) is 13.0. The Labute approximate surface area is 117 Å². The van der Waals surface area contributed by atoms with Gasteiger partial charge in [-0.15, -0.1) is 0 Å². The summed E-state index contributed by atoms with van der Waals surface area (Å²) >= 11 is 3.45. The number of nitrogens with zero attached hydrogens (tertiary/aromatic N) is 1. The van der Waals surface area contributed by atoms with Gasteiger partial charge in [-0.3, -0.25) is 0 Å². The third kappa shape index (κ3) is 4.04. The fourth-order valence-corrected chi connectivity index (χ4v) is 2.92. The van der Waals surface area contributed by atoms with Crippen LogP contribution in [0.2, 0.25) is 0 Å². The van der Waals surface area contributed by atoms with Crippen LogP contribution in [0.3, 0.4) is 0 Å². The summed E-state index contributed by atoms with van der Waals surface area (Å²) in [5.41, 5.74) is 0.985. The fourth-order valence-electron chi connectivity index (χ4n) is 2.53. The van der Waals surface area contributed by atoms with Gasteiger partial charge in [0.25, 0.3) is 0 Å². The zero-order valence-corrected chi connectivity index (χ0v) is 12.3. The van der Waals surface area contributed by atoms with Gasteiger partial charge in [0.15, 0.2) is 0 Å². The first-order valence-corrected chi connectivity index (χ1v) is 7.27. The van der Waals surface area contributed by atoms with E-state index in [1.807, 2.05) is 0 Å². The van der Waals surface area contributed by atoms with Gasteiger partial charge in [-0.1, -0.05) is 15.9 Å². The molecular formula is C14H20BrFN2. The zero-order valence-electron chi connectivity index (χ0n) is 10.8. The van der Waals surface area contributed by atoms with Crippen LogP contribution in [0.4, 0.5) is 4.39 Å². The van der Waals surface area contributed by atoms with Crippen molar-refractivity contribution in [3.8, 4) is 0 Å². The molecule has 1 saturated heterocycles. The Hall–Kier alpha value is -0.450. The fraction of sp³-hybridized carbons (Fsp3) is 0.571. The van der Waals surface area contributed by atoms with E-state index >= 15 is 0 Å². The van der Waals surface area contributed by atoms with Crippen molar-refractivity contribution in [3.05, 3.63) is 34.1 Å². The molecule has 1 fully saturated rings. The molecule has 0 saturated carbocycles. The maximum Gasteiger partial charge on any atom is 0.123 e. The van der Waals surface area contributed by atoms with Crippen LogP contribution in [0.1, 0.15) is 18.4 Å². The standard InChI is InChI=1S/C14H20BrFN2/c1-18-6-2-3-11(10-18)8-17-9-12-7-13(16)4-5-14(12)15/h4-5,7,11,17H,2-3,6,8-10H2,1H3. The normalized spacial score (nSPS) is 21.2. The molecule has 0 radical (unpaired) electrons. The second-order valence-electron chi connectivity index (χ2n) is 5.14. The largest absolute Gasteiger partial charge is 0.312 e. The van der Waals surface area contributed by atoms with E-state index in [4.69, 9.17) is 0 Å². The highest BCUT2D eigenvalue weighted by atomic mass is 79.9. The number of hydrogen-bond acceptors (Lipinski definition) is 2. The molecule has 2 nitrogen and oxygen atoms in total. The summed E-state index contributed by atoms with van der Waals surface area (Å²) in [6.45, 7) is 4.11. The summed E-state index contributed by atoms with van der Waals surface area (Å²) < 4.78 is 14.1. The van der Waals surface area contributed by atoms with Gasteiger partial charge in [0.1, 0.15) is 5.82 Å². The van der Waals surface area contributed by atoms with Crippen molar-refractivity contribution in [2.75, 3.05) is 26.7 Å². The minimum atomic E-state index is -0.174. The minimum Gasteiger partial charge on any atom is -0.312 e. The molecule has 0 aromatic heterocycles. The van der Waals surface area contributed by atoms with Crippen molar-refractivity contribution < 1.29 is 4.39 Å². The number of halogens is 2. The average Bonchev–Trinajstić information content (AvgIpc) is 2.34. The molecular weight excluding hydrogens is 295 g/mol. The lowest BCUT2D eigenvalue weighted by Gasteiger charge is -2.29. The smallest absolute Gasteiger partial charge is 0.123 e. The molecule has 1 aromatic rings. The Bertz CT molecular complexity index is 397. The van der Waals surface area contributed by atoms with Crippen molar-refractivity contribution in [2.24, 2.45) is 5.92 Å². The molecule has 1 unspecified atom stereocenters. The van der Waals surface area contributed by atoms with Crippen LogP contribution in [-0.2, 0) is 6.54 Å². The van der Waals surface area contributed by atoms with E-state index < -0.39 is 0 Å². The molecule has 1 N–H and O–H groups in total. The van der Waals surface area contributed by atoms with E-state index in [1.54, 1.807) is 12.1 Å². The van der Waals surface area contributed by atoms with E-state index in [0.717, 1.165) is 35.6 Å². The molecule has 1 heterocycles. The Morgan fingerprint density at radius 3 is 3.11 bits per heavy atom. The van der Waals surface area contributed by atoms with Crippen LogP contribution in [0.25, 0.3) is 0 Å². The Balaban J connectivity index is 1.79. The molecule has 100 valence electrons. The van der Waals surface area contributed by atoms with Gasteiger partial charge in [0.05, 0.1) is 0 Å². The van der Waals surface area contributed by atoms with Gasteiger partial charge in [-0.25, -0.2) is 4.39 Å². The predicted molar refractivity (Wildman–Crippen MR) is 76.0 cm³/mol. The van der Waals surface area contributed by atoms with Gasteiger partial charge in [-0.05, 0) is 62.7 Å². The molecule has 0 bridgehead atoms. The van der Waals surface area contributed by atoms with Gasteiger partial charge in [0.2, 0.25) is 0 Å². The van der Waals surface area contributed by atoms with Crippen LogP contribution in [0.5, 0.6) is 0 Å². The first kappa shape index (κ1) is 14.0. The highest BCUT2D eigenvalue weighted by Gasteiger charge is 2.16. The van der Waals surface area contributed by atoms with Crippen molar-refractivity contribution >= 4 is 15.9 Å². The van der Waals surface area contributed by atoms with E-state index in [-0.39, 0.29) is 5.82 Å². The molecule has 2 rings (SSSR count). The lowest BCUT2D eigenvalue weighted by molar-refractivity contribution is 0.206. The minimum absolute atomic E-state index is 0.174. The third-order valence-corrected chi connectivity index (χ3v) is 4.25. The van der Waals surface area contributed by atoms with Gasteiger partial charge in [0, 0.05) is 17.6 Å². The highest BCUT2D eigenvalue weighted by molar-refractivity contribution is 9.10. The average molecular weight is 315 g/mol. The first-order chi connectivity index (χ1) is 8.65. The maximum atomic E-state index is 13.1. The topological polar surface area (TPSA) is 15.3 Å². The molecule has 0 aliphatic carbocycles. The van der Waals surface area contributed by atoms with Gasteiger partial charge < -0.3 is 10.2 Å². The molecule has 0 amide bonds. The number of benzene rings is 1. The maximum absolute atomic E-state index is 13.1.